The van der Waals surface area contributed by atoms with Crippen molar-refractivity contribution in [2.45, 2.75) is 65.2 Å². The molecule has 0 saturated carbocycles. The molecule has 0 rings (SSSR count). The lowest BCUT2D eigenvalue weighted by atomic mass is 10.2. The monoisotopic (exact) mass is 294 g/mol. The lowest BCUT2D eigenvalue weighted by Gasteiger charge is -1.92. The van der Waals surface area contributed by atoms with Gasteiger partial charge in [-0.1, -0.05) is 26.7 Å². The molecule has 0 aliphatic rings. The molecule has 0 aromatic heterocycles. The molecule has 0 aromatic carbocycles. The van der Waals surface area contributed by atoms with E-state index in [1.165, 1.54) is 0 Å². The van der Waals surface area contributed by atoms with E-state index in [9.17, 15) is 9.59 Å². The van der Waals surface area contributed by atoms with E-state index in [-0.39, 0.29) is 12.8 Å². The number of rotatable bonds is 9. The van der Waals surface area contributed by atoms with Crippen LogP contribution in [0.1, 0.15) is 65.2 Å². The summed E-state index contributed by atoms with van der Waals surface area (Å²) in [6, 6.07) is 0. The molecule has 0 radical (unpaired) electrons. The standard InChI is InChI=1S/C6H10O4.2C4H10O/c7-5(8)3-1-2-4-6(9)10;2*1-2-3-4-5/h1-4H2,(H,7,8)(H,9,10);2*5H,2-4H2,1H3. The topological polar surface area (TPSA) is 115 Å². The first-order chi connectivity index (χ1) is 9.45. The van der Waals surface area contributed by atoms with Gasteiger partial charge in [0.05, 0.1) is 0 Å². The number of hydrogen-bond acceptors (Lipinski definition) is 4. The van der Waals surface area contributed by atoms with E-state index in [0.717, 1.165) is 25.7 Å². The van der Waals surface area contributed by atoms with Gasteiger partial charge in [-0.2, -0.15) is 0 Å². The molecule has 20 heavy (non-hydrogen) atoms. The molecule has 0 amide bonds. The molecule has 4 N–H and O–H groups in total. The summed E-state index contributed by atoms with van der Waals surface area (Å²) >= 11 is 0. The first-order valence-electron chi connectivity index (χ1n) is 7.11. The van der Waals surface area contributed by atoms with Crippen LogP contribution in [0.5, 0.6) is 0 Å². The van der Waals surface area contributed by atoms with Gasteiger partial charge in [0.1, 0.15) is 0 Å². The summed E-state index contributed by atoms with van der Waals surface area (Å²) in [5, 5.41) is 32.4. The molecule has 0 aliphatic carbocycles. The Morgan fingerprint density at radius 2 is 1.00 bits per heavy atom. The predicted octanol–water partition coefficient (Wildman–Crippen LogP) is 2.27. The fourth-order valence-corrected chi connectivity index (χ4v) is 0.869. The van der Waals surface area contributed by atoms with Crippen molar-refractivity contribution in [3.63, 3.8) is 0 Å². The zero-order valence-corrected chi connectivity index (χ0v) is 12.7. The third-order valence-corrected chi connectivity index (χ3v) is 2.05. The van der Waals surface area contributed by atoms with Crippen LogP contribution >= 0.6 is 0 Å². The molecule has 122 valence electrons. The Kier molecular flexibility index (Phi) is 27.5. The number of carboxylic acids is 2. The number of aliphatic hydroxyl groups excluding tert-OH is 2. The summed E-state index contributed by atoms with van der Waals surface area (Å²) in [6.45, 7) is 4.79. The SMILES string of the molecule is CCCCO.CCCCO.O=C(O)CCCCC(=O)O. The van der Waals surface area contributed by atoms with Gasteiger partial charge in [-0.05, 0) is 25.7 Å². The van der Waals surface area contributed by atoms with E-state index in [1.54, 1.807) is 0 Å². The average Bonchev–Trinajstić information content (AvgIpc) is 2.38. The molecule has 0 aromatic rings. The van der Waals surface area contributed by atoms with Gasteiger partial charge >= 0.3 is 11.9 Å². The van der Waals surface area contributed by atoms with E-state index >= 15 is 0 Å². The van der Waals surface area contributed by atoms with Gasteiger partial charge in [0.25, 0.3) is 0 Å². The van der Waals surface area contributed by atoms with E-state index in [2.05, 4.69) is 13.8 Å². The summed E-state index contributed by atoms with van der Waals surface area (Å²) < 4.78 is 0. The second-order valence-electron chi connectivity index (χ2n) is 4.15. The van der Waals surface area contributed by atoms with Crippen molar-refractivity contribution in [2.75, 3.05) is 13.2 Å². The Morgan fingerprint density at radius 3 is 1.10 bits per heavy atom. The van der Waals surface area contributed by atoms with Gasteiger partial charge in [-0.25, -0.2) is 0 Å². The highest BCUT2D eigenvalue weighted by Gasteiger charge is 1.99. The van der Waals surface area contributed by atoms with Gasteiger partial charge < -0.3 is 20.4 Å². The Hall–Kier alpha value is -1.14. The Morgan fingerprint density at radius 1 is 0.700 bits per heavy atom. The predicted molar refractivity (Wildman–Crippen MR) is 77.7 cm³/mol. The van der Waals surface area contributed by atoms with Crippen LogP contribution in [0, 0.1) is 0 Å². The number of carbonyl (C=O) groups is 2. The van der Waals surface area contributed by atoms with Crippen LogP contribution in [0.15, 0.2) is 0 Å². The second-order valence-corrected chi connectivity index (χ2v) is 4.15. The van der Waals surface area contributed by atoms with Gasteiger partial charge in [0.15, 0.2) is 0 Å². The highest BCUT2D eigenvalue weighted by Crippen LogP contribution is 1.98. The number of aliphatic hydroxyl groups is 2. The van der Waals surface area contributed by atoms with Crippen molar-refractivity contribution in [1.82, 2.24) is 0 Å². The molecular weight excluding hydrogens is 264 g/mol. The van der Waals surface area contributed by atoms with Crippen molar-refractivity contribution in [3.8, 4) is 0 Å². The largest absolute Gasteiger partial charge is 0.481 e. The van der Waals surface area contributed by atoms with Crippen molar-refractivity contribution in [2.24, 2.45) is 0 Å². The van der Waals surface area contributed by atoms with Crippen LogP contribution in [-0.4, -0.2) is 45.6 Å². The fourth-order valence-electron chi connectivity index (χ4n) is 0.869. The first-order valence-corrected chi connectivity index (χ1v) is 7.11. The summed E-state index contributed by atoms with van der Waals surface area (Å²) in [5.74, 6) is -1.74. The summed E-state index contributed by atoms with van der Waals surface area (Å²) in [5.41, 5.74) is 0. The molecule has 0 fully saturated rings. The maximum atomic E-state index is 9.90. The summed E-state index contributed by atoms with van der Waals surface area (Å²) in [6.07, 6.45) is 5.09. The number of hydrogen-bond donors (Lipinski definition) is 4. The molecule has 0 aliphatic heterocycles. The van der Waals surface area contributed by atoms with Gasteiger partial charge in [0.2, 0.25) is 0 Å². The van der Waals surface area contributed by atoms with Crippen LogP contribution in [-0.2, 0) is 9.59 Å². The normalized spacial score (nSPS) is 8.80. The summed E-state index contributed by atoms with van der Waals surface area (Å²) in [4.78, 5) is 19.8. The number of unbranched alkanes of at least 4 members (excludes halogenated alkanes) is 3. The van der Waals surface area contributed by atoms with Crippen molar-refractivity contribution < 1.29 is 30.0 Å². The minimum absolute atomic E-state index is 0.0628. The summed E-state index contributed by atoms with van der Waals surface area (Å²) in [7, 11) is 0. The third kappa shape index (κ3) is 43.6. The van der Waals surface area contributed by atoms with Crippen LogP contribution in [0.4, 0.5) is 0 Å². The number of aliphatic carboxylic acids is 2. The minimum Gasteiger partial charge on any atom is -0.481 e. The lowest BCUT2D eigenvalue weighted by Crippen LogP contribution is -1.97. The molecular formula is C14H30O6. The fraction of sp³-hybridized carbons (Fsp3) is 0.857. The molecule has 0 unspecified atom stereocenters. The van der Waals surface area contributed by atoms with Crippen molar-refractivity contribution >= 4 is 11.9 Å². The molecule has 0 heterocycles. The Labute approximate surface area is 121 Å². The van der Waals surface area contributed by atoms with E-state index < -0.39 is 11.9 Å². The highest BCUT2D eigenvalue weighted by atomic mass is 16.4. The van der Waals surface area contributed by atoms with Crippen LogP contribution in [0.25, 0.3) is 0 Å². The molecule has 0 bridgehead atoms. The number of carboxylic acid groups (broad SMARTS) is 2. The zero-order chi connectivity index (χ0) is 16.2. The average molecular weight is 294 g/mol. The molecule has 0 spiro atoms. The molecule has 0 atom stereocenters. The first kappa shape index (κ1) is 23.9. The molecule has 6 heteroatoms. The van der Waals surface area contributed by atoms with Crippen LogP contribution in [0.2, 0.25) is 0 Å². The third-order valence-electron chi connectivity index (χ3n) is 2.05. The van der Waals surface area contributed by atoms with E-state index in [4.69, 9.17) is 20.4 Å². The maximum Gasteiger partial charge on any atom is 0.303 e. The van der Waals surface area contributed by atoms with Crippen LogP contribution < -0.4 is 0 Å². The Balaban J connectivity index is -0.000000244. The van der Waals surface area contributed by atoms with Gasteiger partial charge in [-0.15, -0.1) is 0 Å². The Bertz CT molecular complexity index is 180. The van der Waals surface area contributed by atoms with Crippen molar-refractivity contribution in [3.05, 3.63) is 0 Å². The van der Waals surface area contributed by atoms with Crippen LogP contribution in [0.3, 0.4) is 0 Å². The second kappa shape index (κ2) is 23.0. The van der Waals surface area contributed by atoms with Gasteiger partial charge in [0, 0.05) is 26.1 Å². The van der Waals surface area contributed by atoms with E-state index in [1.807, 2.05) is 0 Å². The van der Waals surface area contributed by atoms with E-state index in [0.29, 0.717) is 26.1 Å². The van der Waals surface area contributed by atoms with Gasteiger partial charge in [-0.3, -0.25) is 9.59 Å². The van der Waals surface area contributed by atoms with Crippen molar-refractivity contribution in [1.29, 1.82) is 0 Å². The highest BCUT2D eigenvalue weighted by molar-refractivity contribution is 5.67. The smallest absolute Gasteiger partial charge is 0.303 e. The lowest BCUT2D eigenvalue weighted by molar-refractivity contribution is -0.139. The maximum absolute atomic E-state index is 9.90. The zero-order valence-electron chi connectivity index (χ0n) is 12.7. The minimum atomic E-state index is -0.870. The molecule has 0 saturated heterocycles. The molecule has 6 nitrogen and oxygen atoms in total. The quantitative estimate of drug-likeness (QED) is 0.485.